The summed E-state index contributed by atoms with van der Waals surface area (Å²) in [7, 11) is 0. The number of hydrogen-bond donors (Lipinski definition) is 2. The highest BCUT2D eigenvalue weighted by Gasteiger charge is 2.30. The average Bonchev–Trinajstić information content (AvgIpc) is 3.27. The summed E-state index contributed by atoms with van der Waals surface area (Å²) in [5.41, 5.74) is 8.70. The molecule has 1 aliphatic rings. The first-order valence-corrected chi connectivity index (χ1v) is 12.8. The van der Waals surface area contributed by atoms with Crippen LogP contribution in [0.2, 0.25) is 0 Å². The lowest BCUT2D eigenvalue weighted by molar-refractivity contribution is -0.137. The molecule has 1 aliphatic carbocycles. The van der Waals surface area contributed by atoms with E-state index in [1.807, 2.05) is 48.9 Å². The number of nitrogens with one attached hydrogen (secondary N) is 1. The first-order chi connectivity index (χ1) is 17.9. The Labute approximate surface area is 215 Å². The van der Waals surface area contributed by atoms with E-state index in [-0.39, 0.29) is 6.04 Å². The van der Waals surface area contributed by atoms with E-state index >= 15 is 0 Å². The van der Waals surface area contributed by atoms with Crippen molar-refractivity contribution >= 4 is 17.0 Å². The Morgan fingerprint density at radius 1 is 0.973 bits per heavy atom. The lowest BCUT2D eigenvalue weighted by Gasteiger charge is -2.25. The monoisotopic (exact) mass is 510 g/mol. The Kier molecular flexibility index (Phi) is 8.43. The molecule has 0 amide bonds. The van der Waals surface area contributed by atoms with Crippen LogP contribution in [0.15, 0.2) is 60.8 Å². The maximum atomic E-state index is 12.8. The van der Waals surface area contributed by atoms with Gasteiger partial charge in [0, 0.05) is 30.9 Å². The van der Waals surface area contributed by atoms with Gasteiger partial charge in [0.15, 0.2) is 5.65 Å². The molecular formula is C28H33F3N6. The van der Waals surface area contributed by atoms with Crippen LogP contribution in [0.3, 0.4) is 0 Å². The molecule has 9 heteroatoms. The number of fused-ring (bicyclic) bond motifs is 1. The van der Waals surface area contributed by atoms with Crippen LogP contribution in [0.4, 0.5) is 19.1 Å². The van der Waals surface area contributed by atoms with Crippen LogP contribution in [0.1, 0.15) is 50.7 Å². The van der Waals surface area contributed by atoms with E-state index in [9.17, 15) is 13.2 Å². The molecule has 2 aromatic carbocycles. The fourth-order valence-corrected chi connectivity index (χ4v) is 4.59. The molecule has 196 valence electrons. The molecule has 5 rings (SSSR count). The van der Waals surface area contributed by atoms with Gasteiger partial charge in [-0.1, -0.05) is 56.3 Å². The number of alkyl halides is 3. The molecule has 0 aliphatic heterocycles. The van der Waals surface area contributed by atoms with Crippen molar-refractivity contribution in [1.29, 1.82) is 0 Å². The Morgan fingerprint density at radius 2 is 1.65 bits per heavy atom. The minimum atomic E-state index is -4.35. The second-order valence-electron chi connectivity index (χ2n) is 9.16. The molecule has 2 aromatic heterocycles. The van der Waals surface area contributed by atoms with E-state index in [0.717, 1.165) is 66.7 Å². The first kappa shape index (κ1) is 26.6. The smallest absolute Gasteiger partial charge is 0.350 e. The Morgan fingerprint density at radius 3 is 2.30 bits per heavy atom. The molecule has 0 atom stereocenters. The number of nitrogens with two attached hydrogens (primary N) is 1. The molecule has 0 saturated heterocycles. The second kappa shape index (κ2) is 11.7. The highest BCUT2D eigenvalue weighted by Crippen LogP contribution is 2.31. The van der Waals surface area contributed by atoms with Gasteiger partial charge >= 0.3 is 6.18 Å². The summed E-state index contributed by atoms with van der Waals surface area (Å²) < 4.78 is 40.4. The summed E-state index contributed by atoms with van der Waals surface area (Å²) in [4.78, 5) is 9.21. The largest absolute Gasteiger partial charge is 0.416 e. The van der Waals surface area contributed by atoms with Gasteiger partial charge in [-0.3, -0.25) is 0 Å². The maximum absolute atomic E-state index is 12.8. The summed E-state index contributed by atoms with van der Waals surface area (Å²) in [6, 6.07) is 15.3. The molecular weight excluding hydrogens is 477 g/mol. The summed E-state index contributed by atoms with van der Waals surface area (Å²) in [5.74, 6) is 0.892. The zero-order valence-electron chi connectivity index (χ0n) is 21.2. The number of nitrogens with zero attached hydrogens (tertiary/aromatic N) is 4. The van der Waals surface area contributed by atoms with Gasteiger partial charge in [-0.05, 0) is 49.3 Å². The lowest BCUT2D eigenvalue weighted by Crippen LogP contribution is -2.28. The quantitative estimate of drug-likeness (QED) is 0.303. The van der Waals surface area contributed by atoms with E-state index < -0.39 is 11.7 Å². The van der Waals surface area contributed by atoms with Crippen LogP contribution in [0.25, 0.3) is 22.3 Å². The third kappa shape index (κ3) is 6.46. The zero-order valence-corrected chi connectivity index (χ0v) is 21.2. The van der Waals surface area contributed by atoms with Crippen LogP contribution < -0.4 is 11.1 Å². The summed E-state index contributed by atoms with van der Waals surface area (Å²) >= 11 is 0. The van der Waals surface area contributed by atoms with E-state index in [4.69, 9.17) is 15.8 Å². The van der Waals surface area contributed by atoms with Crippen molar-refractivity contribution in [3.8, 4) is 11.3 Å². The number of aromatic nitrogens is 4. The zero-order chi connectivity index (χ0) is 26.4. The molecule has 2 heterocycles. The van der Waals surface area contributed by atoms with Crippen LogP contribution in [-0.2, 0) is 19.3 Å². The Bertz CT molecular complexity index is 1280. The topological polar surface area (TPSA) is 81.7 Å². The van der Waals surface area contributed by atoms with Crippen molar-refractivity contribution in [2.24, 2.45) is 11.7 Å². The predicted octanol–water partition coefficient (Wildman–Crippen LogP) is 6.67. The number of halogens is 3. The van der Waals surface area contributed by atoms with Gasteiger partial charge in [0.25, 0.3) is 0 Å². The van der Waals surface area contributed by atoms with Gasteiger partial charge in [0.2, 0.25) is 5.95 Å². The molecule has 37 heavy (non-hydrogen) atoms. The SMILES string of the molecule is CC.NC1CCC(Cn2nc(-c3ccccc3)c3cnc(NCc4ccc(C(F)(F)F)cc4)nc32)CC1. The van der Waals surface area contributed by atoms with Crippen molar-refractivity contribution in [1.82, 2.24) is 19.7 Å². The van der Waals surface area contributed by atoms with Gasteiger partial charge < -0.3 is 11.1 Å². The number of benzene rings is 2. The minimum absolute atomic E-state index is 0.281. The lowest BCUT2D eigenvalue weighted by atomic mass is 9.86. The van der Waals surface area contributed by atoms with Crippen LogP contribution in [0, 0.1) is 5.92 Å². The fourth-order valence-electron chi connectivity index (χ4n) is 4.59. The third-order valence-corrected chi connectivity index (χ3v) is 6.59. The molecule has 0 unspecified atom stereocenters. The van der Waals surface area contributed by atoms with Crippen molar-refractivity contribution < 1.29 is 13.2 Å². The average molecular weight is 511 g/mol. The van der Waals surface area contributed by atoms with Gasteiger partial charge in [-0.2, -0.15) is 23.3 Å². The van der Waals surface area contributed by atoms with Crippen molar-refractivity contribution in [2.75, 3.05) is 5.32 Å². The highest BCUT2D eigenvalue weighted by molar-refractivity contribution is 5.91. The molecule has 6 nitrogen and oxygen atoms in total. The Hall–Kier alpha value is -3.46. The van der Waals surface area contributed by atoms with Gasteiger partial charge in [-0.25, -0.2) is 9.67 Å². The molecule has 1 saturated carbocycles. The van der Waals surface area contributed by atoms with E-state index in [1.165, 1.54) is 12.1 Å². The van der Waals surface area contributed by atoms with Gasteiger partial charge in [-0.15, -0.1) is 0 Å². The van der Waals surface area contributed by atoms with Gasteiger partial charge in [0.1, 0.15) is 5.69 Å². The van der Waals surface area contributed by atoms with Crippen molar-refractivity contribution in [2.45, 2.75) is 64.8 Å². The van der Waals surface area contributed by atoms with E-state index in [1.54, 1.807) is 6.20 Å². The number of hydrogen-bond acceptors (Lipinski definition) is 5. The van der Waals surface area contributed by atoms with Crippen molar-refractivity contribution in [3.05, 3.63) is 71.9 Å². The summed E-state index contributed by atoms with van der Waals surface area (Å²) in [6.45, 7) is 5.06. The standard InChI is InChI=1S/C26H27F3N6.C2H6/c27-26(28,29)20-10-6-17(7-11-20)14-31-25-32-15-22-23(19-4-2-1-3-5-19)34-35(24(22)33-25)16-18-8-12-21(30)13-9-18;1-2/h1-7,10-11,15,18,21H,8-9,12-14,16,30H2,(H,31,32,33);1-2H3. The molecule has 4 aromatic rings. The van der Waals surface area contributed by atoms with Gasteiger partial charge in [0.05, 0.1) is 10.9 Å². The number of anilines is 1. The molecule has 0 bridgehead atoms. The molecule has 0 spiro atoms. The van der Waals surface area contributed by atoms with Crippen LogP contribution in [0.5, 0.6) is 0 Å². The van der Waals surface area contributed by atoms with E-state index in [0.29, 0.717) is 24.0 Å². The normalized spacial score (nSPS) is 17.8. The van der Waals surface area contributed by atoms with Crippen LogP contribution >= 0.6 is 0 Å². The molecule has 3 N–H and O–H groups in total. The third-order valence-electron chi connectivity index (χ3n) is 6.59. The Balaban J connectivity index is 0.00000156. The number of rotatable bonds is 6. The van der Waals surface area contributed by atoms with Crippen LogP contribution in [-0.4, -0.2) is 25.8 Å². The molecule has 0 radical (unpaired) electrons. The van der Waals surface area contributed by atoms with Crippen molar-refractivity contribution in [3.63, 3.8) is 0 Å². The fraction of sp³-hybridized carbons (Fsp3) is 0.393. The summed E-state index contributed by atoms with van der Waals surface area (Å²) in [5, 5.41) is 8.91. The highest BCUT2D eigenvalue weighted by atomic mass is 19.4. The molecule has 1 fully saturated rings. The van der Waals surface area contributed by atoms with E-state index in [2.05, 4.69) is 10.3 Å². The maximum Gasteiger partial charge on any atom is 0.416 e. The first-order valence-electron chi connectivity index (χ1n) is 12.8. The predicted molar refractivity (Wildman–Crippen MR) is 141 cm³/mol. The summed E-state index contributed by atoms with van der Waals surface area (Å²) in [6.07, 6.45) is 1.58. The minimum Gasteiger partial charge on any atom is -0.350 e. The second-order valence-corrected chi connectivity index (χ2v) is 9.16.